The van der Waals surface area contributed by atoms with Crippen LogP contribution in [-0.2, 0) is 12.0 Å². The summed E-state index contributed by atoms with van der Waals surface area (Å²) in [5.74, 6) is 1.72. The van der Waals surface area contributed by atoms with Gasteiger partial charge in [-0.3, -0.25) is 10.2 Å². The van der Waals surface area contributed by atoms with E-state index in [4.69, 9.17) is 15.1 Å². The molecule has 1 fully saturated rings. The number of benzene rings is 1. The van der Waals surface area contributed by atoms with Crippen LogP contribution in [0, 0.1) is 5.41 Å². The van der Waals surface area contributed by atoms with Gasteiger partial charge >= 0.3 is 0 Å². The van der Waals surface area contributed by atoms with Crippen LogP contribution < -0.4 is 4.74 Å². The Balaban J connectivity index is 1.53. The first-order valence-corrected chi connectivity index (χ1v) is 9.83. The summed E-state index contributed by atoms with van der Waals surface area (Å²) >= 11 is 0. The van der Waals surface area contributed by atoms with E-state index < -0.39 is 0 Å². The normalized spacial score (nSPS) is 16.3. The number of ether oxygens (including phenoxy) is 1. The van der Waals surface area contributed by atoms with Crippen LogP contribution in [0.2, 0.25) is 0 Å². The van der Waals surface area contributed by atoms with Gasteiger partial charge in [-0.25, -0.2) is 4.98 Å². The maximum Gasteiger partial charge on any atom is 0.182 e. The number of pyridine rings is 1. The molecule has 5 nitrogen and oxygen atoms in total. The molecule has 0 bridgehead atoms. The highest BCUT2D eigenvalue weighted by molar-refractivity contribution is 6.04. The van der Waals surface area contributed by atoms with Crippen molar-refractivity contribution in [1.82, 2.24) is 9.88 Å². The molecule has 1 aliphatic carbocycles. The van der Waals surface area contributed by atoms with Crippen molar-refractivity contribution in [1.29, 1.82) is 5.41 Å². The minimum Gasteiger partial charge on any atom is -0.496 e. The van der Waals surface area contributed by atoms with E-state index in [0.29, 0.717) is 23.9 Å². The second-order valence-corrected chi connectivity index (χ2v) is 8.81. The van der Waals surface area contributed by atoms with Gasteiger partial charge in [-0.15, -0.1) is 0 Å². The average Bonchev–Trinajstić information content (AvgIpc) is 3.46. The molecular weight excluding hydrogens is 350 g/mol. The zero-order chi connectivity index (χ0) is 20.1. The highest BCUT2D eigenvalue weighted by Crippen LogP contribution is 2.39. The zero-order valence-corrected chi connectivity index (χ0v) is 17.0. The lowest BCUT2D eigenvalue weighted by molar-refractivity contribution is 0.0962. The molecular formula is C23H27N3O2. The van der Waals surface area contributed by atoms with Crippen molar-refractivity contribution >= 4 is 11.6 Å². The van der Waals surface area contributed by atoms with Crippen molar-refractivity contribution in [2.24, 2.45) is 0 Å². The molecule has 1 aromatic heterocycles. The van der Waals surface area contributed by atoms with Gasteiger partial charge in [0.25, 0.3) is 0 Å². The van der Waals surface area contributed by atoms with Crippen LogP contribution in [0.5, 0.6) is 5.75 Å². The quantitative estimate of drug-likeness (QED) is 0.790. The molecule has 2 heterocycles. The Bertz CT molecular complexity index is 955. The second-order valence-electron chi connectivity index (χ2n) is 8.81. The maximum absolute atomic E-state index is 13.0. The Kier molecular flexibility index (Phi) is 4.48. The van der Waals surface area contributed by atoms with Gasteiger partial charge in [0.1, 0.15) is 17.3 Å². The summed E-state index contributed by atoms with van der Waals surface area (Å²) in [6, 6.07) is 9.75. The van der Waals surface area contributed by atoms with Crippen molar-refractivity contribution in [3.63, 3.8) is 0 Å². The molecule has 0 unspecified atom stereocenters. The Labute approximate surface area is 166 Å². The predicted molar refractivity (Wildman–Crippen MR) is 109 cm³/mol. The van der Waals surface area contributed by atoms with E-state index in [1.807, 2.05) is 23.1 Å². The number of hydrogen-bond donors (Lipinski definition) is 1. The third-order valence-electron chi connectivity index (χ3n) is 5.56. The van der Waals surface area contributed by atoms with Crippen molar-refractivity contribution in [2.75, 3.05) is 13.7 Å². The first-order valence-electron chi connectivity index (χ1n) is 9.83. The van der Waals surface area contributed by atoms with Gasteiger partial charge < -0.3 is 9.64 Å². The number of fused-ring (bicyclic) bond motifs is 1. The van der Waals surface area contributed by atoms with Crippen LogP contribution >= 0.6 is 0 Å². The van der Waals surface area contributed by atoms with Crippen molar-refractivity contribution in [2.45, 2.75) is 51.5 Å². The minimum atomic E-state index is -0.124. The molecule has 0 saturated heterocycles. The lowest BCUT2D eigenvalue weighted by Gasteiger charge is -2.23. The van der Waals surface area contributed by atoms with Crippen LogP contribution in [0.1, 0.15) is 72.4 Å². The Morgan fingerprint density at radius 2 is 2.00 bits per heavy atom. The number of Topliss-reactive ketones (excluding diaryl/α,β-unsaturated/α-hetero) is 1. The number of methoxy groups -OCH3 is 1. The first-order chi connectivity index (χ1) is 13.3. The highest BCUT2D eigenvalue weighted by atomic mass is 16.5. The lowest BCUT2D eigenvalue weighted by Crippen LogP contribution is -2.30. The number of rotatable bonds is 5. The number of aromatic nitrogens is 1. The number of nitrogens with zero attached hydrogens (tertiary/aromatic N) is 2. The fourth-order valence-corrected chi connectivity index (χ4v) is 3.74. The Hall–Kier alpha value is -2.69. The molecule has 1 aromatic carbocycles. The Morgan fingerprint density at radius 1 is 1.25 bits per heavy atom. The third kappa shape index (κ3) is 3.41. The van der Waals surface area contributed by atoms with E-state index in [9.17, 15) is 4.79 Å². The van der Waals surface area contributed by atoms with E-state index in [-0.39, 0.29) is 17.7 Å². The van der Waals surface area contributed by atoms with Crippen LogP contribution in [-0.4, -0.2) is 35.2 Å². The fraction of sp³-hybridized carbons (Fsp3) is 0.435. The van der Waals surface area contributed by atoms with Gasteiger partial charge in [-0.2, -0.15) is 0 Å². The first kappa shape index (κ1) is 18.7. The molecule has 0 radical (unpaired) electrons. The zero-order valence-electron chi connectivity index (χ0n) is 17.0. The molecule has 1 saturated carbocycles. The van der Waals surface area contributed by atoms with E-state index in [0.717, 1.165) is 28.3 Å². The van der Waals surface area contributed by atoms with E-state index in [2.05, 4.69) is 32.9 Å². The largest absolute Gasteiger partial charge is 0.496 e. The summed E-state index contributed by atoms with van der Waals surface area (Å²) < 4.78 is 5.47. The van der Waals surface area contributed by atoms with Crippen molar-refractivity contribution in [3.05, 3.63) is 58.4 Å². The van der Waals surface area contributed by atoms with Crippen LogP contribution in [0.25, 0.3) is 0 Å². The molecule has 0 atom stereocenters. The second kappa shape index (κ2) is 6.73. The number of amidine groups is 1. The van der Waals surface area contributed by atoms with Gasteiger partial charge in [0, 0.05) is 34.8 Å². The Morgan fingerprint density at radius 3 is 2.64 bits per heavy atom. The van der Waals surface area contributed by atoms with Crippen LogP contribution in [0.15, 0.2) is 30.3 Å². The topological polar surface area (TPSA) is 66.3 Å². The smallest absolute Gasteiger partial charge is 0.182 e. The summed E-state index contributed by atoms with van der Waals surface area (Å²) in [4.78, 5) is 19.5. The van der Waals surface area contributed by atoms with E-state index in [1.54, 1.807) is 7.11 Å². The van der Waals surface area contributed by atoms with Crippen molar-refractivity contribution in [3.8, 4) is 5.75 Å². The molecule has 2 aliphatic rings. The SMILES string of the molecule is COc1ccc(C(=O)CN2Cc3ccc(C4CC4)nc3C2=N)cc1C(C)(C)C. The minimum absolute atomic E-state index is 0.00752. The molecule has 1 N–H and O–H groups in total. The number of ketones is 1. The van der Waals surface area contributed by atoms with Gasteiger partial charge in [0.05, 0.1) is 13.7 Å². The molecule has 0 spiro atoms. The predicted octanol–water partition coefficient (Wildman–Crippen LogP) is 4.29. The van der Waals surface area contributed by atoms with E-state index in [1.165, 1.54) is 12.8 Å². The summed E-state index contributed by atoms with van der Waals surface area (Å²) in [5, 5.41) is 8.50. The van der Waals surface area contributed by atoms with Crippen LogP contribution in [0.4, 0.5) is 0 Å². The lowest BCUT2D eigenvalue weighted by atomic mass is 9.85. The number of carbonyl (C=O) groups excluding carboxylic acids is 1. The van der Waals surface area contributed by atoms with E-state index >= 15 is 0 Å². The maximum atomic E-state index is 13.0. The molecule has 0 amide bonds. The number of carbonyl (C=O) groups is 1. The summed E-state index contributed by atoms with van der Waals surface area (Å²) in [6.45, 7) is 7.07. The van der Waals surface area contributed by atoms with Crippen molar-refractivity contribution < 1.29 is 9.53 Å². The molecule has 146 valence electrons. The standard InChI is InChI=1S/C23H27N3O2/c1-23(2,3)17-11-15(8-10-20(17)28-4)19(27)13-26-12-16-7-9-18(14-5-6-14)25-21(16)22(26)24/h7-11,14,24H,5-6,12-13H2,1-4H3. The molecule has 28 heavy (non-hydrogen) atoms. The van der Waals surface area contributed by atoms with Crippen LogP contribution in [0.3, 0.4) is 0 Å². The van der Waals surface area contributed by atoms with Gasteiger partial charge in [-0.05, 0) is 42.5 Å². The van der Waals surface area contributed by atoms with Gasteiger partial charge in [0.15, 0.2) is 5.78 Å². The molecule has 4 rings (SSSR count). The van der Waals surface area contributed by atoms with Gasteiger partial charge in [-0.1, -0.05) is 26.8 Å². The monoisotopic (exact) mass is 377 g/mol. The fourth-order valence-electron chi connectivity index (χ4n) is 3.74. The summed E-state index contributed by atoms with van der Waals surface area (Å²) in [7, 11) is 1.65. The summed E-state index contributed by atoms with van der Waals surface area (Å²) in [6.07, 6.45) is 2.38. The summed E-state index contributed by atoms with van der Waals surface area (Å²) in [5.41, 5.74) is 4.40. The van der Waals surface area contributed by atoms with Gasteiger partial charge in [0.2, 0.25) is 0 Å². The highest BCUT2D eigenvalue weighted by Gasteiger charge is 2.31. The molecule has 1 aliphatic heterocycles. The number of hydrogen-bond acceptors (Lipinski definition) is 4. The number of nitrogens with one attached hydrogen (secondary N) is 1. The molecule has 2 aromatic rings. The molecule has 5 heteroatoms. The third-order valence-corrected chi connectivity index (χ3v) is 5.56. The average molecular weight is 377 g/mol.